The lowest BCUT2D eigenvalue weighted by Crippen LogP contribution is -2.45. The molecule has 0 aromatic heterocycles. The number of benzene rings is 1. The molecule has 0 heterocycles. The Hall–Kier alpha value is -1.96. The molecule has 1 rings (SSSR count). The molecule has 0 aliphatic carbocycles. The third kappa shape index (κ3) is 7.23. The molecule has 130 valence electrons. The van der Waals surface area contributed by atoms with E-state index in [1.54, 1.807) is 6.92 Å². The summed E-state index contributed by atoms with van der Waals surface area (Å²) in [6.45, 7) is 3.98. The van der Waals surface area contributed by atoms with E-state index < -0.39 is 24.4 Å². The SMILES string of the molecule is CC(C)C(C)(O)CNC(=O)Nc1ccc(OCC(F)(F)F)cc1. The molecule has 0 bridgehead atoms. The summed E-state index contributed by atoms with van der Waals surface area (Å²) in [5, 5.41) is 15.1. The van der Waals surface area contributed by atoms with E-state index in [1.165, 1.54) is 24.3 Å². The molecule has 0 fully saturated rings. The van der Waals surface area contributed by atoms with Crippen molar-refractivity contribution < 1.29 is 27.8 Å². The van der Waals surface area contributed by atoms with Crippen molar-refractivity contribution in [2.75, 3.05) is 18.5 Å². The first-order valence-electron chi connectivity index (χ1n) is 7.06. The molecule has 23 heavy (non-hydrogen) atoms. The summed E-state index contributed by atoms with van der Waals surface area (Å²) in [5.74, 6) is 0.0175. The number of urea groups is 1. The summed E-state index contributed by atoms with van der Waals surface area (Å²) in [5.41, 5.74) is -0.641. The lowest BCUT2D eigenvalue weighted by Gasteiger charge is -2.27. The van der Waals surface area contributed by atoms with Gasteiger partial charge in [0.05, 0.1) is 5.60 Å². The highest BCUT2D eigenvalue weighted by Gasteiger charge is 2.28. The molecule has 0 saturated heterocycles. The summed E-state index contributed by atoms with van der Waals surface area (Å²) >= 11 is 0. The number of anilines is 1. The molecule has 1 aromatic carbocycles. The maximum Gasteiger partial charge on any atom is 0.422 e. The van der Waals surface area contributed by atoms with Crippen molar-refractivity contribution in [2.24, 2.45) is 5.92 Å². The Morgan fingerprint density at radius 3 is 2.30 bits per heavy atom. The van der Waals surface area contributed by atoms with E-state index in [2.05, 4.69) is 15.4 Å². The highest BCUT2D eigenvalue weighted by molar-refractivity contribution is 5.89. The third-order valence-electron chi connectivity index (χ3n) is 3.37. The number of carbonyl (C=O) groups is 1. The van der Waals surface area contributed by atoms with E-state index in [9.17, 15) is 23.1 Å². The Morgan fingerprint density at radius 2 is 1.83 bits per heavy atom. The number of nitrogens with one attached hydrogen (secondary N) is 2. The number of carbonyl (C=O) groups excluding carboxylic acids is 1. The van der Waals surface area contributed by atoms with Gasteiger partial charge in [0, 0.05) is 12.2 Å². The zero-order chi connectivity index (χ0) is 17.7. The molecule has 8 heteroatoms. The molecule has 0 spiro atoms. The van der Waals surface area contributed by atoms with Gasteiger partial charge >= 0.3 is 12.2 Å². The van der Waals surface area contributed by atoms with E-state index in [4.69, 9.17) is 0 Å². The fourth-order valence-corrected chi connectivity index (χ4v) is 1.44. The van der Waals surface area contributed by atoms with Crippen LogP contribution in [0.1, 0.15) is 20.8 Å². The van der Waals surface area contributed by atoms with Crippen molar-refractivity contribution >= 4 is 11.7 Å². The summed E-state index contributed by atoms with van der Waals surface area (Å²) in [7, 11) is 0. The summed E-state index contributed by atoms with van der Waals surface area (Å²) in [4.78, 5) is 11.7. The van der Waals surface area contributed by atoms with Crippen molar-refractivity contribution in [3.63, 3.8) is 0 Å². The van der Waals surface area contributed by atoms with Gasteiger partial charge in [0.2, 0.25) is 0 Å². The molecule has 1 unspecified atom stereocenters. The predicted molar refractivity (Wildman–Crippen MR) is 80.5 cm³/mol. The molecular weight excluding hydrogens is 313 g/mol. The molecule has 5 nitrogen and oxygen atoms in total. The van der Waals surface area contributed by atoms with Gasteiger partial charge in [-0.15, -0.1) is 0 Å². The molecule has 3 N–H and O–H groups in total. The van der Waals surface area contributed by atoms with Crippen LogP contribution in [0.3, 0.4) is 0 Å². The second-order valence-corrected chi connectivity index (χ2v) is 5.75. The van der Waals surface area contributed by atoms with E-state index in [1.807, 2.05) is 13.8 Å². The number of halogens is 3. The van der Waals surface area contributed by atoms with Crippen LogP contribution < -0.4 is 15.4 Å². The normalized spacial score (nSPS) is 14.3. The number of alkyl halides is 3. The third-order valence-corrected chi connectivity index (χ3v) is 3.37. The lowest BCUT2D eigenvalue weighted by atomic mass is 9.93. The number of amides is 2. The maximum atomic E-state index is 12.0. The Balaban J connectivity index is 2.47. The molecule has 0 radical (unpaired) electrons. The van der Waals surface area contributed by atoms with Crippen LogP contribution in [0.25, 0.3) is 0 Å². The van der Waals surface area contributed by atoms with Gasteiger partial charge < -0.3 is 20.5 Å². The van der Waals surface area contributed by atoms with Crippen molar-refractivity contribution in [3.8, 4) is 5.75 Å². The Bertz CT molecular complexity index is 514. The molecule has 1 aromatic rings. The Morgan fingerprint density at radius 1 is 1.26 bits per heavy atom. The van der Waals surface area contributed by atoms with Crippen molar-refractivity contribution in [2.45, 2.75) is 32.5 Å². The topological polar surface area (TPSA) is 70.6 Å². The minimum absolute atomic E-state index is 0.0344. The van der Waals surface area contributed by atoms with E-state index in [0.29, 0.717) is 5.69 Å². The predicted octanol–water partition coefficient (Wildman–Crippen LogP) is 3.16. The van der Waals surface area contributed by atoms with E-state index in [0.717, 1.165) is 0 Å². The van der Waals surface area contributed by atoms with Gasteiger partial charge in [-0.2, -0.15) is 13.2 Å². The van der Waals surface area contributed by atoms with Gasteiger partial charge in [-0.3, -0.25) is 0 Å². The van der Waals surface area contributed by atoms with Gasteiger partial charge in [0.25, 0.3) is 0 Å². The van der Waals surface area contributed by atoms with Gasteiger partial charge in [0.1, 0.15) is 5.75 Å². The first kappa shape index (κ1) is 19.1. The minimum atomic E-state index is -4.40. The summed E-state index contributed by atoms with van der Waals surface area (Å²) in [6.07, 6.45) is -4.40. The summed E-state index contributed by atoms with van der Waals surface area (Å²) in [6, 6.07) is 4.98. The first-order valence-corrected chi connectivity index (χ1v) is 7.06. The fraction of sp³-hybridized carbons (Fsp3) is 0.533. The van der Waals surface area contributed by atoms with Gasteiger partial charge in [-0.25, -0.2) is 4.79 Å². The van der Waals surface area contributed by atoms with E-state index >= 15 is 0 Å². The Labute approximate surface area is 132 Å². The Kier molecular flexibility index (Phi) is 6.26. The molecule has 1 atom stereocenters. The second-order valence-electron chi connectivity index (χ2n) is 5.75. The van der Waals surface area contributed by atoms with Crippen LogP contribution in [-0.4, -0.2) is 36.1 Å². The molecule has 0 aliphatic rings. The van der Waals surface area contributed by atoms with Gasteiger partial charge in [0.15, 0.2) is 6.61 Å². The molecule has 0 saturated carbocycles. The highest BCUT2D eigenvalue weighted by atomic mass is 19.4. The van der Waals surface area contributed by atoms with Gasteiger partial charge in [-0.1, -0.05) is 13.8 Å². The zero-order valence-electron chi connectivity index (χ0n) is 13.2. The number of aliphatic hydroxyl groups is 1. The summed E-state index contributed by atoms with van der Waals surface area (Å²) < 4.78 is 40.6. The number of ether oxygens (including phenoxy) is 1. The van der Waals surface area contributed by atoms with Crippen LogP contribution >= 0.6 is 0 Å². The van der Waals surface area contributed by atoms with Crippen molar-refractivity contribution in [1.29, 1.82) is 0 Å². The average Bonchev–Trinajstić information content (AvgIpc) is 2.43. The van der Waals surface area contributed by atoms with Gasteiger partial charge in [-0.05, 0) is 37.1 Å². The smallest absolute Gasteiger partial charge is 0.422 e. The number of hydrogen-bond donors (Lipinski definition) is 3. The molecular formula is C15H21F3N2O3. The number of rotatable bonds is 6. The van der Waals surface area contributed by atoms with Crippen LogP contribution in [0.15, 0.2) is 24.3 Å². The van der Waals surface area contributed by atoms with E-state index in [-0.39, 0.29) is 18.2 Å². The molecule has 0 aliphatic heterocycles. The zero-order valence-corrected chi connectivity index (χ0v) is 13.2. The largest absolute Gasteiger partial charge is 0.484 e. The maximum absolute atomic E-state index is 12.0. The fourth-order valence-electron chi connectivity index (χ4n) is 1.44. The quantitative estimate of drug-likeness (QED) is 0.748. The molecule has 2 amide bonds. The first-order chi connectivity index (χ1) is 10.5. The van der Waals surface area contributed by atoms with Crippen LogP contribution in [-0.2, 0) is 0 Å². The standard InChI is InChI=1S/C15H21F3N2O3/c1-10(2)14(3,22)8-19-13(21)20-11-4-6-12(7-5-11)23-9-15(16,17)18/h4-7,10,22H,8-9H2,1-3H3,(H2,19,20,21). The average molecular weight is 334 g/mol. The van der Waals surface area contributed by atoms with Crippen LogP contribution in [0.4, 0.5) is 23.7 Å². The highest BCUT2D eigenvalue weighted by Crippen LogP contribution is 2.20. The number of hydrogen-bond acceptors (Lipinski definition) is 3. The van der Waals surface area contributed by atoms with Crippen molar-refractivity contribution in [3.05, 3.63) is 24.3 Å². The lowest BCUT2D eigenvalue weighted by molar-refractivity contribution is -0.153. The van der Waals surface area contributed by atoms with Crippen LogP contribution in [0, 0.1) is 5.92 Å². The monoisotopic (exact) mass is 334 g/mol. The second kappa shape index (κ2) is 7.54. The van der Waals surface area contributed by atoms with Crippen molar-refractivity contribution in [1.82, 2.24) is 5.32 Å². The van der Waals surface area contributed by atoms with Crippen LogP contribution in [0.2, 0.25) is 0 Å². The van der Waals surface area contributed by atoms with Crippen LogP contribution in [0.5, 0.6) is 5.75 Å². The minimum Gasteiger partial charge on any atom is -0.484 e.